The van der Waals surface area contributed by atoms with Crippen LogP contribution < -0.4 is 9.64 Å². The van der Waals surface area contributed by atoms with E-state index in [1.165, 1.54) is 29.8 Å². The van der Waals surface area contributed by atoms with Gasteiger partial charge < -0.3 is 19.4 Å². The maximum absolute atomic E-state index is 12.9. The van der Waals surface area contributed by atoms with Gasteiger partial charge in [-0.25, -0.2) is 8.42 Å². The van der Waals surface area contributed by atoms with Crippen molar-refractivity contribution in [1.29, 1.82) is 0 Å². The van der Waals surface area contributed by atoms with Crippen LogP contribution in [0.25, 0.3) is 0 Å². The molecule has 50 heavy (non-hydrogen) atoms. The van der Waals surface area contributed by atoms with Crippen LogP contribution in [0.2, 0.25) is 0 Å². The first kappa shape index (κ1) is 39.1. The summed E-state index contributed by atoms with van der Waals surface area (Å²) in [6.07, 6.45) is 7.48. The highest BCUT2D eigenvalue weighted by Gasteiger charge is 2.41. The van der Waals surface area contributed by atoms with Crippen molar-refractivity contribution in [3.05, 3.63) is 67.3 Å². The summed E-state index contributed by atoms with van der Waals surface area (Å²) in [5.41, 5.74) is 2.30. The number of esters is 2. The van der Waals surface area contributed by atoms with Gasteiger partial charge in [-0.1, -0.05) is 55.5 Å². The van der Waals surface area contributed by atoms with Crippen LogP contribution >= 0.6 is 11.6 Å². The molecule has 1 unspecified atom stereocenters. The molecule has 1 saturated heterocycles. The molecule has 0 bridgehead atoms. The molecular weight excluding hydrogens is 686 g/mol. The molecule has 12 nitrogen and oxygen atoms in total. The Kier molecular flexibility index (Phi) is 14.1. The van der Waals surface area contributed by atoms with E-state index in [1.807, 2.05) is 0 Å². The van der Waals surface area contributed by atoms with E-state index >= 15 is 0 Å². The lowest BCUT2D eigenvalue weighted by molar-refractivity contribution is -1.06. The number of rotatable bonds is 18. The molecule has 1 saturated carbocycles. The Morgan fingerprint density at radius 3 is 2.56 bits per heavy atom. The number of allylic oxidation sites excluding steroid dienone is 2. The maximum atomic E-state index is 12.9. The van der Waals surface area contributed by atoms with Gasteiger partial charge in [-0.15, -0.1) is 18.2 Å². The van der Waals surface area contributed by atoms with E-state index in [4.69, 9.17) is 25.8 Å². The van der Waals surface area contributed by atoms with E-state index in [1.54, 1.807) is 6.07 Å². The number of ether oxygens (including phenoxy) is 3. The summed E-state index contributed by atoms with van der Waals surface area (Å²) in [4.78, 5) is 26.9. The van der Waals surface area contributed by atoms with Crippen LogP contribution in [0.4, 0.5) is 0 Å². The zero-order valence-electron chi connectivity index (χ0n) is 28.8. The van der Waals surface area contributed by atoms with E-state index in [0.717, 1.165) is 57.3 Å². The number of benzene rings is 1. The van der Waals surface area contributed by atoms with E-state index in [0.29, 0.717) is 24.3 Å². The lowest BCUT2D eigenvalue weighted by atomic mass is 9.61. The molecule has 1 aromatic heterocycles. The van der Waals surface area contributed by atoms with Crippen LogP contribution in [0.1, 0.15) is 58.3 Å². The minimum atomic E-state index is -4.20. The number of carbonyl (C=O) groups excluding carboxylic acids is 2. The SMILES string of the molecule is C=C[C@]1(C)CC[C@@H](C(=C)CN2CCCC(COC(=O)CCCC(=O)OCCOc3no[n+](O)c3S(=O)(=O)c3ccccc3)C2)C[C@H]1C(=C)CCl. The highest BCUT2D eigenvalue weighted by Crippen LogP contribution is 2.49. The molecule has 4 rings (SSSR count). The predicted molar refractivity (Wildman–Crippen MR) is 184 cm³/mol. The van der Waals surface area contributed by atoms with Crippen LogP contribution in [-0.2, 0) is 28.9 Å². The second-order valence-electron chi connectivity index (χ2n) is 13.4. The molecule has 1 N–H and O–H groups in total. The molecule has 14 heteroatoms. The van der Waals surface area contributed by atoms with Crippen molar-refractivity contribution in [2.45, 2.75) is 68.2 Å². The first-order valence-corrected chi connectivity index (χ1v) is 19.0. The van der Waals surface area contributed by atoms with Gasteiger partial charge in [0.05, 0.1) is 11.5 Å². The Morgan fingerprint density at radius 2 is 1.86 bits per heavy atom. The number of sulfone groups is 1. The zero-order valence-corrected chi connectivity index (χ0v) is 30.3. The molecule has 274 valence electrons. The number of hydrogen-bond donors (Lipinski definition) is 1. The highest BCUT2D eigenvalue weighted by atomic mass is 35.5. The lowest BCUT2D eigenvalue weighted by Gasteiger charge is -2.45. The fraction of sp³-hybridized carbons (Fsp3) is 0.556. The zero-order chi connectivity index (χ0) is 36.3. The smallest absolute Gasteiger partial charge is 0.445 e. The quantitative estimate of drug-likeness (QED) is 0.0696. The van der Waals surface area contributed by atoms with Crippen LogP contribution in [0.3, 0.4) is 0 Å². The van der Waals surface area contributed by atoms with E-state index in [2.05, 4.69) is 47.4 Å². The molecule has 1 aromatic carbocycles. The molecule has 2 heterocycles. The van der Waals surface area contributed by atoms with Crippen molar-refractivity contribution < 1.29 is 47.0 Å². The summed E-state index contributed by atoms with van der Waals surface area (Å²) in [7, 11) is -4.20. The third-order valence-corrected chi connectivity index (χ3v) is 11.9. The standard InChI is InChI=1S/C36H49ClN3O9S/c1-5-36(4)17-16-29(21-31(36)26(2)22-37)27(3)23-39-18-10-11-28(24-39)25-48-33(42)15-9-14-32(41)46-19-20-47-34-35(40(43)49-38-34)50(44,45)30-12-7-6-8-13-30/h5-8,12-13,28-29,31,43H,1-3,9-11,14-25H2,4H3/q+1/t28?,29-,31+,36-/m1/s1. The lowest BCUT2D eigenvalue weighted by Crippen LogP contribution is -2.40. The van der Waals surface area contributed by atoms with Crippen molar-refractivity contribution in [2.75, 3.05) is 45.3 Å². The second kappa shape index (κ2) is 18.0. The third kappa shape index (κ3) is 10.2. The molecule has 4 atom stereocenters. The summed E-state index contributed by atoms with van der Waals surface area (Å²) >= 11 is 6.18. The van der Waals surface area contributed by atoms with Crippen LogP contribution in [0.15, 0.2) is 81.8 Å². The topological polar surface area (TPSA) is 149 Å². The Labute approximate surface area is 299 Å². The number of alkyl halides is 1. The van der Waals surface area contributed by atoms with Crippen molar-refractivity contribution >= 4 is 33.4 Å². The normalized spacial score (nSPS) is 22.7. The van der Waals surface area contributed by atoms with Crippen LogP contribution in [0.5, 0.6) is 5.88 Å². The van der Waals surface area contributed by atoms with Gasteiger partial charge in [-0.05, 0) is 79.1 Å². The molecule has 2 fully saturated rings. The van der Waals surface area contributed by atoms with Gasteiger partial charge in [0.25, 0.3) is 9.84 Å². The second-order valence-corrected chi connectivity index (χ2v) is 15.5. The van der Waals surface area contributed by atoms with Gasteiger partial charge in [-0.2, -0.15) is 0 Å². The van der Waals surface area contributed by atoms with Gasteiger partial charge in [0, 0.05) is 37.7 Å². The Hall–Kier alpha value is -3.68. The van der Waals surface area contributed by atoms with E-state index < -0.39 is 26.7 Å². The molecule has 1 aliphatic heterocycles. The van der Waals surface area contributed by atoms with Crippen LogP contribution in [-0.4, -0.2) is 81.0 Å². The number of likely N-dealkylation sites (tertiary alicyclic amines) is 1. The van der Waals surface area contributed by atoms with Gasteiger partial charge in [0.2, 0.25) is 5.16 Å². The summed E-state index contributed by atoms with van der Waals surface area (Å²) in [5, 5.41) is 12.6. The monoisotopic (exact) mass is 734 g/mol. The number of hydrogen-bond acceptors (Lipinski definition) is 11. The molecule has 2 aliphatic rings. The van der Waals surface area contributed by atoms with Gasteiger partial charge in [0.1, 0.15) is 13.2 Å². The molecule has 0 radical (unpaired) electrons. The fourth-order valence-electron chi connectivity index (χ4n) is 6.80. The molecule has 2 aromatic rings. The Balaban J connectivity index is 1.11. The average molecular weight is 735 g/mol. The molecule has 1 aliphatic carbocycles. The number of carbonyl (C=O) groups is 2. The van der Waals surface area contributed by atoms with Crippen molar-refractivity contribution in [3.63, 3.8) is 0 Å². The third-order valence-electron chi connectivity index (χ3n) is 9.78. The molecular formula is C36H49ClN3O9S+. The Bertz CT molecular complexity index is 1610. The van der Waals surface area contributed by atoms with Gasteiger partial charge >= 0.3 is 22.8 Å². The molecule has 0 spiro atoms. The first-order chi connectivity index (χ1) is 23.9. The predicted octanol–water partition coefficient (Wildman–Crippen LogP) is 5.34. The van der Waals surface area contributed by atoms with E-state index in [9.17, 15) is 23.2 Å². The van der Waals surface area contributed by atoms with Crippen molar-refractivity contribution in [3.8, 4) is 5.88 Å². The minimum Gasteiger partial charge on any atom is -0.465 e. The average Bonchev–Trinajstić information content (AvgIpc) is 3.50. The van der Waals surface area contributed by atoms with E-state index in [-0.39, 0.29) is 59.6 Å². The number of halogens is 1. The number of nitrogens with zero attached hydrogens (tertiary/aromatic N) is 3. The Morgan fingerprint density at radius 1 is 1.14 bits per heavy atom. The summed E-state index contributed by atoms with van der Waals surface area (Å²) in [5.74, 6) is -0.0154. The number of piperidine rings is 1. The number of aromatic nitrogens is 2. The van der Waals surface area contributed by atoms with Crippen molar-refractivity contribution in [1.82, 2.24) is 10.1 Å². The minimum absolute atomic E-state index is 0.00217. The van der Waals surface area contributed by atoms with Gasteiger partial charge in [-0.3, -0.25) is 14.5 Å². The van der Waals surface area contributed by atoms with Gasteiger partial charge in [0.15, 0.2) is 4.90 Å². The first-order valence-electron chi connectivity index (χ1n) is 17.0. The maximum Gasteiger partial charge on any atom is 0.445 e. The van der Waals surface area contributed by atoms with Crippen molar-refractivity contribution in [2.24, 2.45) is 23.2 Å². The van der Waals surface area contributed by atoms with Crippen LogP contribution in [0, 0.1) is 23.2 Å². The fourth-order valence-corrected chi connectivity index (χ4v) is 8.29. The summed E-state index contributed by atoms with van der Waals surface area (Å²) in [6.45, 7) is 17.6. The largest absolute Gasteiger partial charge is 0.465 e. The highest BCUT2D eigenvalue weighted by molar-refractivity contribution is 7.91. The molecule has 0 amide bonds. The summed E-state index contributed by atoms with van der Waals surface area (Å²) in [6, 6.07) is 7.39. The summed E-state index contributed by atoms with van der Waals surface area (Å²) < 4.78 is 46.2.